The Morgan fingerprint density at radius 3 is 2.55 bits per heavy atom. The Balaban J connectivity index is 1.58. The second kappa shape index (κ2) is 9.11. The van der Waals surface area contributed by atoms with Crippen molar-refractivity contribution in [3.63, 3.8) is 0 Å². The van der Waals surface area contributed by atoms with E-state index in [-0.39, 0.29) is 36.9 Å². The van der Waals surface area contributed by atoms with Crippen molar-refractivity contribution in [2.45, 2.75) is 93.4 Å². The molecule has 2 aliphatic carbocycles. The minimum atomic E-state index is -1.45. The molecule has 168 valence electrons. The van der Waals surface area contributed by atoms with Crippen molar-refractivity contribution in [1.82, 2.24) is 10.6 Å². The molecule has 0 aromatic rings. The van der Waals surface area contributed by atoms with Gasteiger partial charge in [0, 0.05) is 37.4 Å². The first-order chi connectivity index (χ1) is 13.6. The zero-order chi connectivity index (χ0) is 21.3. The predicted molar refractivity (Wildman–Crippen MR) is 107 cm³/mol. The quantitative estimate of drug-likeness (QED) is 0.247. The number of carbonyl (C=O) groups excluding carboxylic acids is 1. The number of amides is 1. The molecule has 29 heavy (non-hydrogen) atoms. The van der Waals surface area contributed by atoms with Gasteiger partial charge < -0.3 is 47.5 Å². The zero-order valence-corrected chi connectivity index (χ0v) is 17.3. The van der Waals surface area contributed by atoms with E-state index in [4.69, 9.17) is 26.7 Å². The molecule has 3 fully saturated rings. The first kappa shape index (κ1) is 22.8. The highest BCUT2D eigenvalue weighted by Gasteiger charge is 2.50. The number of aliphatic hydroxyl groups is 2. The summed E-state index contributed by atoms with van der Waals surface area (Å²) in [6.07, 6.45) is 0.525. The van der Waals surface area contributed by atoms with Crippen molar-refractivity contribution in [2.24, 2.45) is 23.1 Å². The zero-order valence-electron chi connectivity index (χ0n) is 17.3. The lowest BCUT2D eigenvalue weighted by molar-refractivity contribution is -0.243. The van der Waals surface area contributed by atoms with Crippen molar-refractivity contribution in [3.05, 3.63) is 0 Å². The van der Waals surface area contributed by atoms with Crippen molar-refractivity contribution < 1.29 is 24.5 Å². The van der Waals surface area contributed by atoms with E-state index in [1.807, 2.05) is 14.0 Å². The second-order valence-electron chi connectivity index (χ2n) is 9.06. The van der Waals surface area contributed by atoms with Crippen molar-refractivity contribution in [3.8, 4) is 0 Å². The molecule has 0 aromatic heterocycles. The highest BCUT2D eigenvalue weighted by molar-refractivity contribution is 5.86. The van der Waals surface area contributed by atoms with E-state index in [0.717, 1.165) is 12.8 Å². The number of hydrogen-bond acceptors (Lipinski definition) is 9. The van der Waals surface area contributed by atoms with Gasteiger partial charge in [-0.05, 0) is 26.3 Å². The maximum Gasteiger partial charge on any atom is 0.252 e. The third-order valence-corrected chi connectivity index (χ3v) is 6.58. The minimum absolute atomic E-state index is 0.0199. The van der Waals surface area contributed by atoms with Gasteiger partial charge in [-0.1, -0.05) is 6.92 Å². The summed E-state index contributed by atoms with van der Waals surface area (Å²) in [6.45, 7) is 2.54. The van der Waals surface area contributed by atoms with Crippen LogP contribution in [0.4, 0.5) is 0 Å². The van der Waals surface area contributed by atoms with Crippen LogP contribution < -0.4 is 27.8 Å². The van der Waals surface area contributed by atoms with Gasteiger partial charge in [0.25, 0.3) is 5.91 Å². The minimum Gasteiger partial charge on any atom is -0.391 e. The van der Waals surface area contributed by atoms with Crippen LogP contribution in [0, 0.1) is 5.92 Å². The predicted octanol–water partition coefficient (Wildman–Crippen LogP) is -2.51. The Morgan fingerprint density at radius 1 is 1.24 bits per heavy atom. The molecule has 10 N–H and O–H groups in total. The molecule has 0 bridgehead atoms. The Kier molecular flexibility index (Phi) is 7.17. The molecule has 1 saturated heterocycles. The first-order valence-corrected chi connectivity index (χ1v) is 10.6. The molecule has 2 saturated carbocycles. The van der Waals surface area contributed by atoms with Gasteiger partial charge in [-0.3, -0.25) is 4.79 Å². The van der Waals surface area contributed by atoms with E-state index in [0.29, 0.717) is 13.0 Å². The summed E-state index contributed by atoms with van der Waals surface area (Å²) in [4.78, 5) is 12.4. The Labute approximate surface area is 171 Å². The Hall–Kier alpha value is -0.850. The van der Waals surface area contributed by atoms with Crippen LogP contribution in [0.15, 0.2) is 0 Å². The topological polar surface area (TPSA) is 178 Å². The normalized spacial score (nSPS) is 48.0. The first-order valence-electron chi connectivity index (χ1n) is 10.6. The summed E-state index contributed by atoms with van der Waals surface area (Å²) < 4.78 is 12.1. The van der Waals surface area contributed by atoms with Crippen LogP contribution in [0.3, 0.4) is 0 Å². The summed E-state index contributed by atoms with van der Waals surface area (Å²) in [5.41, 5.74) is 16.8. The summed E-state index contributed by atoms with van der Waals surface area (Å²) in [6, 6.07) is -1.41. The van der Waals surface area contributed by atoms with Crippen LogP contribution >= 0.6 is 0 Å². The molecule has 8 unspecified atom stereocenters. The largest absolute Gasteiger partial charge is 0.391 e. The smallest absolute Gasteiger partial charge is 0.252 e. The molecule has 1 aliphatic heterocycles. The molecule has 1 amide bonds. The SMILES string of the molecule is CNCC1CCC(N)C(OC2C(N)CC(NC(=O)C3(O)CC(N)C3)C(O)C2C)O1. The fraction of sp³-hybridized carbons (Fsp3) is 0.947. The average molecular weight is 416 g/mol. The third kappa shape index (κ3) is 4.91. The number of ether oxygens (including phenoxy) is 2. The van der Waals surface area contributed by atoms with E-state index in [1.54, 1.807) is 0 Å². The molecule has 0 radical (unpaired) electrons. The molecular weight excluding hydrogens is 378 g/mol. The Bertz CT molecular complexity index is 575. The van der Waals surface area contributed by atoms with E-state index in [1.165, 1.54) is 0 Å². The highest BCUT2D eigenvalue weighted by Crippen LogP contribution is 2.33. The van der Waals surface area contributed by atoms with Gasteiger partial charge in [0.05, 0.1) is 30.4 Å². The average Bonchev–Trinajstić information content (AvgIpc) is 2.64. The van der Waals surface area contributed by atoms with Gasteiger partial charge >= 0.3 is 0 Å². The number of aliphatic hydroxyl groups excluding tert-OH is 1. The number of nitrogens with one attached hydrogen (secondary N) is 2. The van der Waals surface area contributed by atoms with Gasteiger partial charge in [-0.2, -0.15) is 0 Å². The summed E-state index contributed by atoms with van der Waals surface area (Å²) in [5.74, 6) is -0.850. The number of likely N-dealkylation sites (N-methyl/N-ethyl adjacent to an activating group) is 1. The second-order valence-corrected chi connectivity index (χ2v) is 9.06. The number of hydrogen-bond donors (Lipinski definition) is 7. The summed E-state index contributed by atoms with van der Waals surface area (Å²) >= 11 is 0. The van der Waals surface area contributed by atoms with Gasteiger partial charge in [0.2, 0.25) is 0 Å². The van der Waals surface area contributed by atoms with Gasteiger partial charge in [0.1, 0.15) is 5.60 Å². The molecule has 3 rings (SSSR count). The van der Waals surface area contributed by atoms with E-state index in [9.17, 15) is 15.0 Å². The molecule has 1 heterocycles. The lowest BCUT2D eigenvalue weighted by Crippen LogP contribution is -2.66. The molecular formula is C19H37N5O5. The van der Waals surface area contributed by atoms with Crippen LogP contribution in [0.5, 0.6) is 0 Å². The van der Waals surface area contributed by atoms with E-state index in [2.05, 4.69) is 10.6 Å². The van der Waals surface area contributed by atoms with Crippen molar-refractivity contribution >= 4 is 5.91 Å². The fourth-order valence-corrected chi connectivity index (χ4v) is 4.72. The van der Waals surface area contributed by atoms with Gasteiger partial charge in [0.15, 0.2) is 6.29 Å². The lowest BCUT2D eigenvalue weighted by atomic mass is 9.74. The van der Waals surface area contributed by atoms with Crippen LogP contribution in [-0.4, -0.2) is 84.1 Å². The van der Waals surface area contributed by atoms with Crippen LogP contribution in [-0.2, 0) is 14.3 Å². The highest BCUT2D eigenvalue weighted by atomic mass is 16.7. The molecule has 0 aromatic carbocycles. The van der Waals surface area contributed by atoms with Crippen molar-refractivity contribution in [2.75, 3.05) is 13.6 Å². The monoisotopic (exact) mass is 415 g/mol. The molecule has 10 nitrogen and oxygen atoms in total. The van der Waals surface area contributed by atoms with E-state index >= 15 is 0 Å². The van der Waals surface area contributed by atoms with Crippen LogP contribution in [0.25, 0.3) is 0 Å². The van der Waals surface area contributed by atoms with Gasteiger partial charge in [-0.25, -0.2) is 0 Å². The lowest BCUT2D eigenvalue weighted by Gasteiger charge is -2.47. The summed E-state index contributed by atoms with van der Waals surface area (Å²) in [7, 11) is 1.87. The molecule has 0 spiro atoms. The van der Waals surface area contributed by atoms with Crippen molar-refractivity contribution in [1.29, 1.82) is 0 Å². The van der Waals surface area contributed by atoms with Gasteiger partial charge in [-0.15, -0.1) is 0 Å². The number of carbonyl (C=O) groups is 1. The number of nitrogens with two attached hydrogens (primary N) is 3. The number of rotatable bonds is 6. The van der Waals surface area contributed by atoms with Crippen LogP contribution in [0.2, 0.25) is 0 Å². The van der Waals surface area contributed by atoms with Crippen LogP contribution in [0.1, 0.15) is 39.0 Å². The summed E-state index contributed by atoms with van der Waals surface area (Å²) in [5, 5.41) is 26.9. The maximum absolute atomic E-state index is 12.4. The fourth-order valence-electron chi connectivity index (χ4n) is 4.72. The molecule has 10 heteroatoms. The third-order valence-electron chi connectivity index (χ3n) is 6.58. The molecule has 3 aliphatic rings. The Morgan fingerprint density at radius 2 is 1.93 bits per heavy atom. The maximum atomic E-state index is 12.4. The molecule has 8 atom stereocenters. The van der Waals surface area contributed by atoms with E-state index < -0.39 is 42.1 Å². The standard InChI is InChI=1S/C19H37N5O5/c1-9-15(25)14(24-18(26)19(27)6-10(20)7-19)5-13(22)16(9)29-17-12(21)4-3-11(28-17)8-23-2/h9-17,23,25,27H,3-8,20-22H2,1-2H3,(H,24,26).